The minimum atomic E-state index is -0.706. The Kier molecular flexibility index (Phi) is 10.0. The number of aromatic nitrogens is 1. The van der Waals surface area contributed by atoms with Crippen LogP contribution in [0.3, 0.4) is 0 Å². The number of halogens is 2. The summed E-state index contributed by atoms with van der Waals surface area (Å²) in [7, 11) is 0. The highest BCUT2D eigenvalue weighted by Gasteiger charge is 2.33. The third-order valence-electron chi connectivity index (χ3n) is 8.29. The summed E-state index contributed by atoms with van der Waals surface area (Å²) < 4.78 is 6.18. The lowest BCUT2D eigenvalue weighted by atomic mass is 9.91. The molecule has 2 aromatic rings. The Morgan fingerprint density at radius 1 is 0.975 bits per heavy atom. The minimum absolute atomic E-state index is 0.0832. The predicted molar refractivity (Wildman–Crippen MR) is 157 cm³/mol. The monoisotopic (exact) mass is 587 g/mol. The Bertz CT molecular complexity index is 1160. The highest BCUT2D eigenvalue weighted by atomic mass is 35.5. The van der Waals surface area contributed by atoms with E-state index in [1.165, 1.54) is 12.8 Å². The number of amides is 3. The maximum absolute atomic E-state index is 13.8. The van der Waals surface area contributed by atoms with E-state index in [9.17, 15) is 9.59 Å². The van der Waals surface area contributed by atoms with Gasteiger partial charge in [-0.25, -0.2) is 4.79 Å². The SMILES string of the molecule is O=C(N[C@H](Cc1ccc(Cl)cc1Cl)C(=O)N1CCC(c2ncccc2OCCN2CCCC2)CC1)N1CCCC1. The van der Waals surface area contributed by atoms with Crippen molar-refractivity contribution in [1.82, 2.24) is 25.0 Å². The number of nitrogens with zero attached hydrogens (tertiary/aromatic N) is 4. The lowest BCUT2D eigenvalue weighted by Crippen LogP contribution is -2.54. The largest absolute Gasteiger partial charge is 0.490 e. The first-order valence-electron chi connectivity index (χ1n) is 14.6. The molecule has 0 radical (unpaired) electrons. The maximum Gasteiger partial charge on any atom is 0.318 e. The van der Waals surface area contributed by atoms with Crippen molar-refractivity contribution in [2.24, 2.45) is 0 Å². The van der Waals surface area contributed by atoms with E-state index in [1.807, 2.05) is 29.3 Å². The first-order valence-corrected chi connectivity index (χ1v) is 15.3. The predicted octanol–water partition coefficient (Wildman–Crippen LogP) is 4.99. The Hall–Kier alpha value is -2.55. The van der Waals surface area contributed by atoms with Crippen molar-refractivity contribution in [3.8, 4) is 5.75 Å². The lowest BCUT2D eigenvalue weighted by molar-refractivity contribution is -0.134. The van der Waals surface area contributed by atoms with Crippen LogP contribution in [0.15, 0.2) is 36.5 Å². The van der Waals surface area contributed by atoms with Gasteiger partial charge < -0.3 is 19.9 Å². The zero-order valence-corrected chi connectivity index (χ0v) is 24.5. The summed E-state index contributed by atoms with van der Waals surface area (Å²) in [6, 6.07) is 8.28. The zero-order chi connectivity index (χ0) is 27.9. The molecule has 1 aromatic carbocycles. The van der Waals surface area contributed by atoms with Crippen molar-refractivity contribution in [1.29, 1.82) is 0 Å². The number of hydrogen-bond donors (Lipinski definition) is 1. The van der Waals surface area contributed by atoms with Crippen LogP contribution in [0.25, 0.3) is 0 Å². The first kappa shape index (κ1) is 29.0. The van der Waals surface area contributed by atoms with Crippen LogP contribution in [-0.4, -0.2) is 90.1 Å². The van der Waals surface area contributed by atoms with Gasteiger partial charge in [-0.3, -0.25) is 14.7 Å². The quantitative estimate of drug-likeness (QED) is 0.447. The lowest BCUT2D eigenvalue weighted by Gasteiger charge is -2.35. The summed E-state index contributed by atoms with van der Waals surface area (Å²) in [5.74, 6) is 0.982. The Morgan fingerprint density at radius 2 is 1.70 bits per heavy atom. The molecule has 3 aliphatic heterocycles. The van der Waals surface area contributed by atoms with Crippen molar-refractivity contribution >= 4 is 35.1 Å². The molecule has 0 aliphatic carbocycles. The van der Waals surface area contributed by atoms with Crippen LogP contribution >= 0.6 is 23.2 Å². The second-order valence-electron chi connectivity index (χ2n) is 11.0. The second kappa shape index (κ2) is 13.9. The fraction of sp³-hybridized carbons (Fsp3) is 0.567. The molecule has 40 heavy (non-hydrogen) atoms. The number of nitrogens with one attached hydrogen (secondary N) is 1. The van der Waals surface area contributed by atoms with Gasteiger partial charge in [0.1, 0.15) is 18.4 Å². The molecular formula is C30H39Cl2N5O3. The number of hydrogen-bond acceptors (Lipinski definition) is 5. The number of carbonyl (C=O) groups is 2. The fourth-order valence-corrected chi connectivity index (χ4v) is 6.47. The summed E-state index contributed by atoms with van der Waals surface area (Å²) in [5, 5.41) is 4.04. The molecule has 3 amide bonds. The third kappa shape index (κ3) is 7.39. The molecule has 216 valence electrons. The van der Waals surface area contributed by atoms with Gasteiger partial charge in [0.2, 0.25) is 5.91 Å². The molecular weight excluding hydrogens is 549 g/mol. The van der Waals surface area contributed by atoms with Crippen LogP contribution in [0.2, 0.25) is 10.0 Å². The maximum atomic E-state index is 13.8. The van der Waals surface area contributed by atoms with Gasteiger partial charge in [0.25, 0.3) is 0 Å². The summed E-state index contributed by atoms with van der Waals surface area (Å²) in [4.78, 5) is 37.5. The zero-order valence-electron chi connectivity index (χ0n) is 23.0. The number of piperidine rings is 1. The molecule has 4 heterocycles. The van der Waals surface area contributed by atoms with Crippen LogP contribution in [0.4, 0.5) is 4.79 Å². The van der Waals surface area contributed by atoms with Gasteiger partial charge in [-0.2, -0.15) is 0 Å². The molecule has 0 unspecified atom stereocenters. The molecule has 5 rings (SSSR count). The summed E-state index contributed by atoms with van der Waals surface area (Å²) >= 11 is 12.5. The molecule has 3 fully saturated rings. The number of carbonyl (C=O) groups excluding carboxylic acids is 2. The Labute approximate surface area is 246 Å². The van der Waals surface area contributed by atoms with Gasteiger partial charge in [-0.15, -0.1) is 0 Å². The molecule has 1 aromatic heterocycles. The molecule has 0 bridgehead atoms. The normalized spacial score (nSPS) is 19.1. The first-order chi connectivity index (χ1) is 19.5. The third-order valence-corrected chi connectivity index (χ3v) is 8.87. The minimum Gasteiger partial charge on any atom is -0.490 e. The van der Waals surface area contributed by atoms with Crippen LogP contribution in [0.5, 0.6) is 5.75 Å². The Morgan fingerprint density at radius 3 is 2.42 bits per heavy atom. The summed E-state index contributed by atoms with van der Waals surface area (Å²) in [6.45, 7) is 6.51. The number of ether oxygens (including phenoxy) is 1. The van der Waals surface area contributed by atoms with Gasteiger partial charge in [0.05, 0.1) is 5.69 Å². The fourth-order valence-electron chi connectivity index (χ4n) is 5.98. The van der Waals surface area contributed by atoms with Crippen LogP contribution in [-0.2, 0) is 11.2 Å². The van der Waals surface area contributed by atoms with Gasteiger partial charge in [0, 0.05) is 61.3 Å². The van der Waals surface area contributed by atoms with Crippen LogP contribution in [0, 0.1) is 0 Å². The number of benzene rings is 1. The van der Waals surface area contributed by atoms with Gasteiger partial charge in [-0.1, -0.05) is 29.3 Å². The number of urea groups is 1. The molecule has 1 N–H and O–H groups in total. The molecule has 3 saturated heterocycles. The van der Waals surface area contributed by atoms with E-state index in [4.69, 9.17) is 27.9 Å². The van der Waals surface area contributed by atoms with Crippen molar-refractivity contribution in [2.45, 2.75) is 56.9 Å². The summed E-state index contributed by atoms with van der Waals surface area (Å²) in [6.07, 6.45) is 8.22. The highest BCUT2D eigenvalue weighted by molar-refractivity contribution is 6.35. The Balaban J connectivity index is 1.21. The number of pyridine rings is 1. The van der Waals surface area contributed by atoms with Crippen molar-refractivity contribution < 1.29 is 14.3 Å². The molecule has 8 nitrogen and oxygen atoms in total. The van der Waals surface area contributed by atoms with Crippen LogP contribution < -0.4 is 10.1 Å². The average Bonchev–Trinajstić information content (AvgIpc) is 3.69. The summed E-state index contributed by atoms with van der Waals surface area (Å²) in [5.41, 5.74) is 1.76. The standard InChI is InChI=1S/C30H39Cl2N5O3/c31-24-8-7-23(25(32)21-24)20-26(34-30(39)37-14-3-4-15-37)29(38)36-16-9-22(10-17-36)28-27(6-5-11-33-28)40-19-18-35-12-1-2-13-35/h5-8,11,21-22,26H,1-4,9-10,12-20H2,(H,34,39)/t26-/m1/s1. The van der Waals surface area contributed by atoms with E-state index < -0.39 is 6.04 Å². The topological polar surface area (TPSA) is 78.0 Å². The molecule has 10 heteroatoms. The second-order valence-corrected chi connectivity index (χ2v) is 11.9. The van der Waals surface area contributed by atoms with Crippen molar-refractivity contribution in [2.75, 3.05) is 52.4 Å². The van der Waals surface area contributed by atoms with Gasteiger partial charge in [-0.05, 0) is 81.4 Å². The van der Waals surface area contributed by atoms with Gasteiger partial charge >= 0.3 is 6.03 Å². The van der Waals surface area contributed by atoms with E-state index in [-0.39, 0.29) is 17.9 Å². The van der Waals surface area contributed by atoms with E-state index in [0.717, 1.165) is 62.3 Å². The average molecular weight is 589 g/mol. The van der Waals surface area contributed by atoms with Gasteiger partial charge in [0.15, 0.2) is 0 Å². The highest BCUT2D eigenvalue weighted by Crippen LogP contribution is 2.33. The van der Waals surface area contributed by atoms with E-state index in [1.54, 1.807) is 17.0 Å². The smallest absolute Gasteiger partial charge is 0.318 e. The van der Waals surface area contributed by atoms with E-state index in [0.29, 0.717) is 49.3 Å². The van der Waals surface area contributed by atoms with Crippen molar-refractivity contribution in [3.05, 3.63) is 57.8 Å². The van der Waals surface area contributed by atoms with Crippen molar-refractivity contribution in [3.63, 3.8) is 0 Å². The molecule has 3 aliphatic rings. The number of likely N-dealkylation sites (tertiary alicyclic amines) is 3. The molecule has 0 spiro atoms. The van der Waals surface area contributed by atoms with E-state index >= 15 is 0 Å². The van der Waals surface area contributed by atoms with Crippen LogP contribution in [0.1, 0.15) is 55.7 Å². The number of rotatable bonds is 9. The molecule has 1 atom stereocenters. The molecule has 0 saturated carbocycles. The van der Waals surface area contributed by atoms with E-state index in [2.05, 4.69) is 15.2 Å².